The van der Waals surface area contributed by atoms with Gasteiger partial charge in [0.05, 0.1) is 39.8 Å². The van der Waals surface area contributed by atoms with Crippen molar-refractivity contribution in [3.63, 3.8) is 0 Å². The number of hydrogen-bond donors (Lipinski definition) is 0. The molecule has 0 radical (unpaired) electrons. The molecule has 9 aromatic rings. The lowest BCUT2D eigenvalue weighted by atomic mass is 9.95. The van der Waals surface area contributed by atoms with Crippen LogP contribution in [-0.4, -0.2) is 0 Å². The lowest BCUT2D eigenvalue weighted by Gasteiger charge is -2.47. The molecule has 2 heterocycles. The number of rotatable bonds is 7. The maximum Gasteiger partial charge on any atom is 0.0947 e. The summed E-state index contributed by atoms with van der Waals surface area (Å²) < 4.78 is 0. The number of hydrogen-bond acceptors (Lipinski definition) is 4. The Morgan fingerprint density at radius 2 is 0.690 bits per heavy atom. The first-order valence-corrected chi connectivity index (χ1v) is 19.8. The molecule has 0 saturated carbocycles. The Hall–Kier alpha value is -7.82. The van der Waals surface area contributed by atoms with Crippen molar-refractivity contribution in [2.75, 3.05) is 19.6 Å². The number of benzene rings is 9. The summed E-state index contributed by atoms with van der Waals surface area (Å²) in [5.74, 6) is 0. The van der Waals surface area contributed by atoms with Crippen molar-refractivity contribution < 1.29 is 0 Å². The Morgan fingerprint density at radius 3 is 1.29 bits per heavy atom. The van der Waals surface area contributed by atoms with Crippen LogP contribution in [0.2, 0.25) is 0 Å². The second-order valence-electron chi connectivity index (χ2n) is 14.7. The summed E-state index contributed by atoms with van der Waals surface area (Å²) in [7, 11) is 0. The van der Waals surface area contributed by atoms with Gasteiger partial charge in [-0.05, 0) is 113 Å². The fourth-order valence-corrected chi connectivity index (χ4v) is 8.65. The summed E-state index contributed by atoms with van der Waals surface area (Å²) >= 11 is 0. The molecule has 0 bridgehead atoms. The third-order valence-electron chi connectivity index (χ3n) is 11.2. The molecule has 0 amide bonds. The molecule has 2 aliphatic rings. The summed E-state index contributed by atoms with van der Waals surface area (Å²) in [5.41, 5.74) is 18.0. The summed E-state index contributed by atoms with van der Waals surface area (Å²) in [4.78, 5) is 9.72. The van der Waals surface area contributed by atoms with Gasteiger partial charge in [0.1, 0.15) is 0 Å². The van der Waals surface area contributed by atoms with Crippen LogP contribution in [0.4, 0.5) is 68.2 Å². The molecule has 0 N–H and O–H groups in total. The quantitative estimate of drug-likeness (QED) is 0.161. The van der Waals surface area contributed by atoms with Crippen molar-refractivity contribution in [3.8, 4) is 22.3 Å². The van der Waals surface area contributed by atoms with Crippen LogP contribution in [0.5, 0.6) is 0 Å². The first-order valence-electron chi connectivity index (χ1n) is 19.8. The second-order valence-corrected chi connectivity index (χ2v) is 14.7. The summed E-state index contributed by atoms with van der Waals surface area (Å²) in [6, 6.07) is 82.9. The summed E-state index contributed by atoms with van der Waals surface area (Å²) in [6.07, 6.45) is 0. The lowest BCUT2D eigenvalue weighted by molar-refractivity contribution is 1.12. The van der Waals surface area contributed by atoms with Crippen molar-refractivity contribution in [1.29, 1.82) is 0 Å². The zero-order chi connectivity index (χ0) is 38.4. The van der Waals surface area contributed by atoms with Gasteiger partial charge in [-0.1, -0.05) is 140 Å². The monoisotopic (exact) mass is 742 g/mol. The number of fused-ring (bicyclic) bond motifs is 4. The molecule has 11 rings (SSSR count). The standard InChI is InChI=1S/C54H38N4/c1-6-18-39(19-7-1)41-22-16-29-46(36-41)57-51-31-17-30-50-54(51)58(48-34-32-42(37-52(48)57)40-20-8-2-9-21-40)49-35-33-47(38-53(49)56(50)45-27-14-5-15-28-45)55(43-23-10-3-11-24-43)44-25-12-4-13-26-44/h1-38H. The number of anilines is 12. The van der Waals surface area contributed by atoms with Crippen LogP contribution in [0.15, 0.2) is 231 Å². The van der Waals surface area contributed by atoms with E-state index in [1.807, 2.05) is 0 Å². The van der Waals surface area contributed by atoms with Gasteiger partial charge in [-0.25, -0.2) is 0 Å². The first kappa shape index (κ1) is 33.5. The van der Waals surface area contributed by atoms with Gasteiger partial charge >= 0.3 is 0 Å². The van der Waals surface area contributed by atoms with Crippen molar-refractivity contribution in [3.05, 3.63) is 231 Å². The van der Waals surface area contributed by atoms with E-state index in [4.69, 9.17) is 0 Å². The average Bonchev–Trinajstić information content (AvgIpc) is 3.30. The van der Waals surface area contributed by atoms with Gasteiger partial charge in [-0.3, -0.25) is 0 Å². The van der Waals surface area contributed by atoms with Gasteiger partial charge in [0, 0.05) is 28.4 Å². The van der Waals surface area contributed by atoms with E-state index in [1.165, 1.54) is 22.3 Å². The minimum Gasteiger partial charge on any atom is -0.310 e. The zero-order valence-electron chi connectivity index (χ0n) is 31.7. The molecule has 0 fully saturated rings. The van der Waals surface area contributed by atoms with Gasteiger partial charge in [0.2, 0.25) is 0 Å². The van der Waals surface area contributed by atoms with E-state index < -0.39 is 0 Å². The molecule has 0 atom stereocenters. The number of para-hydroxylation sites is 4. The SMILES string of the molecule is c1ccc(-c2cccc(N3c4cc(-c5ccccc5)ccc4N4c5ccc(N(c6ccccc6)c6ccccc6)cc5N(c5ccccc5)c5cccc3c54)c2)cc1. The smallest absolute Gasteiger partial charge is 0.0947 e. The Labute approximate surface area is 339 Å². The molecule has 2 aliphatic heterocycles. The molecule has 9 aromatic carbocycles. The van der Waals surface area contributed by atoms with E-state index in [-0.39, 0.29) is 0 Å². The van der Waals surface area contributed by atoms with Gasteiger partial charge in [0.25, 0.3) is 0 Å². The highest BCUT2D eigenvalue weighted by atomic mass is 15.3. The molecule has 0 spiro atoms. The second kappa shape index (κ2) is 14.0. The van der Waals surface area contributed by atoms with Crippen LogP contribution >= 0.6 is 0 Å². The Balaban J connectivity index is 1.17. The van der Waals surface area contributed by atoms with Crippen LogP contribution in [0, 0.1) is 0 Å². The molecule has 4 heteroatoms. The highest BCUT2D eigenvalue weighted by Gasteiger charge is 2.39. The molecule has 0 unspecified atom stereocenters. The maximum absolute atomic E-state index is 2.49. The third-order valence-corrected chi connectivity index (χ3v) is 11.2. The fourth-order valence-electron chi connectivity index (χ4n) is 8.65. The van der Waals surface area contributed by atoms with Crippen molar-refractivity contribution in [2.24, 2.45) is 0 Å². The molecule has 274 valence electrons. The minimum atomic E-state index is 1.08. The topological polar surface area (TPSA) is 13.0 Å². The van der Waals surface area contributed by atoms with Gasteiger partial charge in [-0.2, -0.15) is 0 Å². The maximum atomic E-state index is 2.49. The van der Waals surface area contributed by atoms with Gasteiger partial charge in [-0.15, -0.1) is 0 Å². The highest BCUT2D eigenvalue weighted by Crippen LogP contribution is 2.64. The molecule has 0 aromatic heterocycles. The first-order chi connectivity index (χ1) is 28.8. The highest BCUT2D eigenvalue weighted by molar-refractivity contribution is 6.13. The Kier molecular flexibility index (Phi) is 8.11. The van der Waals surface area contributed by atoms with E-state index in [1.54, 1.807) is 0 Å². The Morgan fingerprint density at radius 1 is 0.241 bits per heavy atom. The third kappa shape index (κ3) is 5.62. The fraction of sp³-hybridized carbons (Fsp3) is 0. The van der Waals surface area contributed by atoms with Crippen LogP contribution in [0.1, 0.15) is 0 Å². The minimum absolute atomic E-state index is 1.08. The summed E-state index contributed by atoms with van der Waals surface area (Å²) in [6.45, 7) is 0. The van der Waals surface area contributed by atoms with E-state index in [0.717, 1.165) is 68.2 Å². The molecular weight excluding hydrogens is 705 g/mol. The predicted molar refractivity (Wildman–Crippen MR) is 243 cm³/mol. The van der Waals surface area contributed by atoms with E-state index in [0.29, 0.717) is 0 Å². The van der Waals surface area contributed by atoms with E-state index >= 15 is 0 Å². The van der Waals surface area contributed by atoms with Gasteiger partial charge < -0.3 is 19.6 Å². The van der Waals surface area contributed by atoms with Crippen LogP contribution < -0.4 is 19.6 Å². The molecular formula is C54H38N4. The summed E-state index contributed by atoms with van der Waals surface area (Å²) in [5, 5.41) is 0. The predicted octanol–water partition coefficient (Wildman–Crippen LogP) is 15.5. The van der Waals surface area contributed by atoms with Crippen LogP contribution in [0.3, 0.4) is 0 Å². The largest absolute Gasteiger partial charge is 0.310 e. The molecule has 0 saturated heterocycles. The molecule has 0 aliphatic carbocycles. The van der Waals surface area contributed by atoms with Crippen LogP contribution in [-0.2, 0) is 0 Å². The average molecular weight is 743 g/mol. The van der Waals surface area contributed by atoms with Crippen molar-refractivity contribution in [2.45, 2.75) is 0 Å². The zero-order valence-corrected chi connectivity index (χ0v) is 31.7. The molecule has 58 heavy (non-hydrogen) atoms. The van der Waals surface area contributed by atoms with E-state index in [2.05, 4.69) is 250 Å². The number of nitrogens with zero attached hydrogens (tertiary/aromatic N) is 4. The van der Waals surface area contributed by atoms with Gasteiger partial charge in [0.15, 0.2) is 0 Å². The van der Waals surface area contributed by atoms with Crippen molar-refractivity contribution in [1.82, 2.24) is 0 Å². The normalized spacial score (nSPS) is 12.4. The molecule has 4 nitrogen and oxygen atoms in total. The lowest BCUT2D eigenvalue weighted by Crippen LogP contribution is -2.30. The Bertz CT molecular complexity index is 2860. The van der Waals surface area contributed by atoms with Crippen LogP contribution in [0.25, 0.3) is 22.3 Å². The van der Waals surface area contributed by atoms with Crippen molar-refractivity contribution >= 4 is 68.2 Å². The van der Waals surface area contributed by atoms with E-state index in [9.17, 15) is 0 Å².